The first-order valence-corrected chi connectivity index (χ1v) is 7.71. The monoisotopic (exact) mass is 268 g/mol. The molecule has 0 amide bonds. The fraction of sp³-hybridized carbons (Fsp3) is 0.933. The molecule has 4 nitrogen and oxygen atoms in total. The van der Waals surface area contributed by atoms with Crippen molar-refractivity contribution in [3.63, 3.8) is 0 Å². The maximum absolute atomic E-state index is 11.9. The number of hydrogen-bond donors (Lipinski definition) is 2. The molecule has 2 atom stereocenters. The number of hydrogen-bond acceptors (Lipinski definition) is 3. The van der Waals surface area contributed by atoms with Gasteiger partial charge in [-0.3, -0.25) is 15.0 Å². The van der Waals surface area contributed by atoms with E-state index >= 15 is 0 Å². The molecule has 0 bridgehead atoms. The molecule has 0 aromatic rings. The Hall–Kier alpha value is -0.610. The third-order valence-corrected chi connectivity index (χ3v) is 4.60. The third kappa shape index (κ3) is 3.29. The summed E-state index contributed by atoms with van der Waals surface area (Å²) in [4.78, 5) is 14.3. The van der Waals surface area contributed by atoms with Crippen molar-refractivity contribution < 1.29 is 9.90 Å². The van der Waals surface area contributed by atoms with Gasteiger partial charge in [-0.25, -0.2) is 0 Å². The number of carbonyl (C=O) groups is 1. The lowest BCUT2D eigenvalue weighted by molar-refractivity contribution is -0.148. The molecule has 2 unspecified atom stereocenters. The van der Waals surface area contributed by atoms with E-state index in [0.717, 1.165) is 19.4 Å². The number of piperidine rings is 1. The molecule has 1 saturated heterocycles. The van der Waals surface area contributed by atoms with Gasteiger partial charge in [0, 0.05) is 18.6 Å². The molecular weight excluding hydrogens is 240 g/mol. The molecule has 1 aliphatic heterocycles. The molecule has 2 rings (SSSR count). The van der Waals surface area contributed by atoms with Gasteiger partial charge in [-0.2, -0.15) is 0 Å². The number of nitrogens with one attached hydrogen (secondary N) is 1. The fourth-order valence-corrected chi connectivity index (χ4v) is 3.40. The van der Waals surface area contributed by atoms with Crippen LogP contribution in [-0.2, 0) is 4.79 Å². The van der Waals surface area contributed by atoms with Crippen molar-refractivity contribution in [1.29, 1.82) is 0 Å². The van der Waals surface area contributed by atoms with E-state index in [0.29, 0.717) is 18.5 Å². The van der Waals surface area contributed by atoms with Crippen molar-refractivity contribution >= 4 is 5.97 Å². The lowest BCUT2D eigenvalue weighted by Crippen LogP contribution is -2.63. The molecule has 0 aromatic carbocycles. The molecule has 0 aromatic heterocycles. The van der Waals surface area contributed by atoms with Crippen molar-refractivity contribution in [2.24, 2.45) is 5.92 Å². The van der Waals surface area contributed by atoms with E-state index in [2.05, 4.69) is 17.1 Å². The first-order chi connectivity index (χ1) is 8.95. The number of rotatable bonds is 6. The number of carboxylic acids is 1. The van der Waals surface area contributed by atoms with E-state index in [1.807, 2.05) is 13.8 Å². The predicted molar refractivity (Wildman–Crippen MR) is 76.2 cm³/mol. The molecule has 0 spiro atoms. The lowest BCUT2D eigenvalue weighted by Gasteiger charge is -2.42. The topological polar surface area (TPSA) is 52.6 Å². The molecule has 0 radical (unpaired) electrons. The SMILES string of the molecule is CC(C)NC(CN1CCCCC1C)(C(=O)O)C1CC1. The van der Waals surface area contributed by atoms with Gasteiger partial charge >= 0.3 is 5.97 Å². The Morgan fingerprint density at radius 2 is 2.05 bits per heavy atom. The van der Waals surface area contributed by atoms with Gasteiger partial charge in [0.05, 0.1) is 0 Å². The van der Waals surface area contributed by atoms with Crippen molar-refractivity contribution in [2.75, 3.05) is 13.1 Å². The quantitative estimate of drug-likeness (QED) is 0.774. The Kier molecular flexibility index (Phi) is 4.51. The van der Waals surface area contributed by atoms with Gasteiger partial charge in [0.15, 0.2) is 0 Å². The summed E-state index contributed by atoms with van der Waals surface area (Å²) in [5.41, 5.74) is -0.736. The second-order valence-electron chi connectivity index (χ2n) is 6.67. The van der Waals surface area contributed by atoms with Gasteiger partial charge < -0.3 is 5.11 Å². The summed E-state index contributed by atoms with van der Waals surface area (Å²) < 4.78 is 0. The van der Waals surface area contributed by atoms with E-state index in [-0.39, 0.29) is 6.04 Å². The Morgan fingerprint density at radius 3 is 2.53 bits per heavy atom. The molecule has 4 heteroatoms. The predicted octanol–water partition coefficient (Wildman–Crippen LogP) is 2.09. The summed E-state index contributed by atoms with van der Waals surface area (Å²) in [6.07, 6.45) is 5.77. The number of carboxylic acid groups (broad SMARTS) is 1. The minimum Gasteiger partial charge on any atom is -0.480 e. The zero-order valence-electron chi connectivity index (χ0n) is 12.5. The van der Waals surface area contributed by atoms with Crippen LogP contribution in [0, 0.1) is 5.92 Å². The fourth-order valence-electron chi connectivity index (χ4n) is 3.40. The Bertz CT molecular complexity index is 328. The maximum atomic E-state index is 11.9. The zero-order valence-corrected chi connectivity index (χ0v) is 12.5. The van der Waals surface area contributed by atoms with Gasteiger partial charge in [0.25, 0.3) is 0 Å². The van der Waals surface area contributed by atoms with Crippen LogP contribution in [0.2, 0.25) is 0 Å². The molecule has 1 heterocycles. The van der Waals surface area contributed by atoms with Crippen LogP contribution in [-0.4, -0.2) is 46.7 Å². The van der Waals surface area contributed by atoms with Crippen LogP contribution in [0.5, 0.6) is 0 Å². The summed E-state index contributed by atoms with van der Waals surface area (Å²) in [6, 6.07) is 0.719. The van der Waals surface area contributed by atoms with Gasteiger partial charge in [-0.05, 0) is 58.9 Å². The van der Waals surface area contributed by atoms with Crippen LogP contribution in [0.3, 0.4) is 0 Å². The zero-order chi connectivity index (χ0) is 14.0. The second kappa shape index (κ2) is 5.80. The smallest absolute Gasteiger partial charge is 0.325 e. The summed E-state index contributed by atoms with van der Waals surface area (Å²) >= 11 is 0. The normalized spacial score (nSPS) is 28.3. The van der Waals surface area contributed by atoms with Crippen LogP contribution in [0.4, 0.5) is 0 Å². The lowest BCUT2D eigenvalue weighted by atomic mass is 9.89. The van der Waals surface area contributed by atoms with E-state index in [9.17, 15) is 9.90 Å². The first kappa shape index (κ1) is 14.8. The van der Waals surface area contributed by atoms with Crippen molar-refractivity contribution in [3.8, 4) is 0 Å². The highest BCUT2D eigenvalue weighted by molar-refractivity contribution is 5.80. The van der Waals surface area contributed by atoms with Crippen LogP contribution < -0.4 is 5.32 Å². The molecule has 1 saturated carbocycles. The molecular formula is C15H28N2O2. The number of nitrogens with zero attached hydrogens (tertiary/aromatic N) is 1. The summed E-state index contributed by atoms with van der Waals surface area (Å²) in [5.74, 6) is -0.358. The van der Waals surface area contributed by atoms with Crippen LogP contribution in [0.25, 0.3) is 0 Å². The average molecular weight is 268 g/mol. The minimum atomic E-state index is -0.736. The minimum absolute atomic E-state index is 0.205. The van der Waals surface area contributed by atoms with E-state index in [1.54, 1.807) is 0 Å². The van der Waals surface area contributed by atoms with Crippen LogP contribution in [0.15, 0.2) is 0 Å². The Balaban J connectivity index is 2.14. The van der Waals surface area contributed by atoms with Gasteiger partial charge in [0.2, 0.25) is 0 Å². The van der Waals surface area contributed by atoms with E-state index in [4.69, 9.17) is 0 Å². The highest BCUT2D eigenvalue weighted by atomic mass is 16.4. The van der Waals surface area contributed by atoms with Crippen LogP contribution >= 0.6 is 0 Å². The van der Waals surface area contributed by atoms with E-state index < -0.39 is 11.5 Å². The molecule has 2 fully saturated rings. The highest BCUT2D eigenvalue weighted by Gasteiger charge is 2.52. The molecule has 19 heavy (non-hydrogen) atoms. The number of likely N-dealkylation sites (tertiary alicyclic amines) is 1. The largest absolute Gasteiger partial charge is 0.480 e. The standard InChI is InChI=1S/C15H28N2O2/c1-11(2)16-15(14(18)19,13-7-8-13)10-17-9-5-4-6-12(17)3/h11-13,16H,4-10H2,1-3H3,(H,18,19). The van der Waals surface area contributed by atoms with Gasteiger partial charge in [-0.15, -0.1) is 0 Å². The van der Waals surface area contributed by atoms with Crippen LogP contribution in [0.1, 0.15) is 52.9 Å². The Labute approximate surface area is 116 Å². The molecule has 2 aliphatic rings. The maximum Gasteiger partial charge on any atom is 0.325 e. The first-order valence-electron chi connectivity index (χ1n) is 7.71. The summed E-state index contributed by atoms with van der Waals surface area (Å²) in [6.45, 7) is 8.02. The van der Waals surface area contributed by atoms with Gasteiger partial charge in [0.1, 0.15) is 5.54 Å². The average Bonchev–Trinajstić information content (AvgIpc) is 3.14. The molecule has 110 valence electrons. The summed E-state index contributed by atoms with van der Waals surface area (Å²) in [7, 11) is 0. The van der Waals surface area contributed by atoms with Gasteiger partial charge in [-0.1, -0.05) is 6.42 Å². The third-order valence-electron chi connectivity index (χ3n) is 4.60. The molecule has 2 N–H and O–H groups in total. The Morgan fingerprint density at radius 1 is 1.37 bits per heavy atom. The van der Waals surface area contributed by atoms with Crippen molar-refractivity contribution in [2.45, 2.75) is 70.5 Å². The highest BCUT2D eigenvalue weighted by Crippen LogP contribution is 2.41. The van der Waals surface area contributed by atoms with Crippen molar-refractivity contribution in [1.82, 2.24) is 10.2 Å². The number of aliphatic carboxylic acids is 1. The van der Waals surface area contributed by atoms with Crippen molar-refractivity contribution in [3.05, 3.63) is 0 Å². The second-order valence-corrected chi connectivity index (χ2v) is 6.67. The van der Waals surface area contributed by atoms with E-state index in [1.165, 1.54) is 19.3 Å². The summed E-state index contributed by atoms with van der Waals surface area (Å²) in [5, 5.41) is 13.2. The molecule has 1 aliphatic carbocycles.